The van der Waals surface area contributed by atoms with Gasteiger partial charge in [0.25, 0.3) is 0 Å². The molecule has 0 spiro atoms. The van der Waals surface area contributed by atoms with E-state index < -0.39 is 11.9 Å². The number of benzene rings is 1. The van der Waals surface area contributed by atoms with Crippen LogP contribution in [0.1, 0.15) is 29.8 Å². The van der Waals surface area contributed by atoms with Gasteiger partial charge in [0.2, 0.25) is 0 Å². The van der Waals surface area contributed by atoms with Gasteiger partial charge < -0.3 is 14.2 Å². The lowest BCUT2D eigenvalue weighted by molar-refractivity contribution is -0.137. The standard InChI is InChI=1S/C15H18O5/c1-4-19-13(10-14(16)20-5-2)11-7-6-8-12(9-11)15(17)18-3/h6-10H,4-5H2,1-3H3/b13-10-. The van der Waals surface area contributed by atoms with Gasteiger partial charge in [-0.3, -0.25) is 0 Å². The number of hydrogen-bond donors (Lipinski definition) is 0. The Labute approximate surface area is 118 Å². The Hall–Kier alpha value is -2.30. The summed E-state index contributed by atoms with van der Waals surface area (Å²) >= 11 is 0. The van der Waals surface area contributed by atoms with Crippen molar-refractivity contribution in [3.63, 3.8) is 0 Å². The van der Waals surface area contributed by atoms with Gasteiger partial charge in [-0.25, -0.2) is 9.59 Å². The molecule has 20 heavy (non-hydrogen) atoms. The summed E-state index contributed by atoms with van der Waals surface area (Å²) in [4.78, 5) is 23.0. The molecule has 1 rings (SSSR count). The third kappa shape index (κ3) is 4.42. The number of carbonyl (C=O) groups excluding carboxylic acids is 2. The topological polar surface area (TPSA) is 61.8 Å². The normalized spacial score (nSPS) is 10.8. The molecule has 108 valence electrons. The van der Waals surface area contributed by atoms with Gasteiger partial charge in [-0.05, 0) is 26.0 Å². The quantitative estimate of drug-likeness (QED) is 0.454. The summed E-state index contributed by atoms with van der Waals surface area (Å²) in [6.07, 6.45) is 1.27. The maximum atomic E-state index is 11.5. The predicted octanol–water partition coefficient (Wildman–Crippen LogP) is 2.41. The highest BCUT2D eigenvalue weighted by atomic mass is 16.5. The third-order valence-corrected chi connectivity index (χ3v) is 2.40. The van der Waals surface area contributed by atoms with Crippen LogP contribution in [0.15, 0.2) is 30.3 Å². The van der Waals surface area contributed by atoms with Gasteiger partial charge >= 0.3 is 11.9 Å². The van der Waals surface area contributed by atoms with Crippen molar-refractivity contribution in [2.45, 2.75) is 13.8 Å². The molecular weight excluding hydrogens is 260 g/mol. The summed E-state index contributed by atoms with van der Waals surface area (Å²) in [5.74, 6) is -0.574. The third-order valence-electron chi connectivity index (χ3n) is 2.40. The highest BCUT2D eigenvalue weighted by Crippen LogP contribution is 2.18. The largest absolute Gasteiger partial charge is 0.493 e. The summed E-state index contributed by atoms with van der Waals surface area (Å²) in [6.45, 7) is 4.22. The van der Waals surface area contributed by atoms with Gasteiger partial charge in [0, 0.05) is 5.56 Å². The fourth-order valence-electron chi connectivity index (χ4n) is 1.57. The number of carbonyl (C=O) groups is 2. The highest BCUT2D eigenvalue weighted by Gasteiger charge is 2.11. The average Bonchev–Trinajstić information content (AvgIpc) is 2.46. The minimum Gasteiger partial charge on any atom is -0.493 e. The Morgan fingerprint density at radius 2 is 1.75 bits per heavy atom. The molecular formula is C15H18O5. The van der Waals surface area contributed by atoms with Crippen LogP contribution < -0.4 is 0 Å². The molecule has 0 bridgehead atoms. The molecule has 0 saturated heterocycles. The summed E-state index contributed by atoms with van der Waals surface area (Å²) in [5.41, 5.74) is 1.00. The molecule has 0 heterocycles. The molecule has 0 radical (unpaired) electrons. The van der Waals surface area contributed by atoms with Crippen LogP contribution in [-0.4, -0.2) is 32.3 Å². The smallest absolute Gasteiger partial charge is 0.337 e. The van der Waals surface area contributed by atoms with Crippen LogP contribution in [0.2, 0.25) is 0 Å². The fraction of sp³-hybridized carbons (Fsp3) is 0.333. The van der Waals surface area contributed by atoms with E-state index in [1.807, 2.05) is 6.92 Å². The van der Waals surface area contributed by atoms with Crippen LogP contribution in [0.3, 0.4) is 0 Å². The number of ether oxygens (including phenoxy) is 3. The lowest BCUT2D eigenvalue weighted by atomic mass is 10.1. The van der Waals surface area contributed by atoms with Crippen LogP contribution in [0.5, 0.6) is 0 Å². The van der Waals surface area contributed by atoms with Gasteiger partial charge in [-0.1, -0.05) is 12.1 Å². The fourth-order valence-corrected chi connectivity index (χ4v) is 1.57. The molecule has 0 fully saturated rings. The van der Waals surface area contributed by atoms with Crippen LogP contribution in [-0.2, 0) is 19.0 Å². The summed E-state index contributed by atoms with van der Waals surface area (Å²) in [5, 5.41) is 0. The molecule has 0 atom stereocenters. The van der Waals surface area contributed by atoms with Gasteiger partial charge in [0.1, 0.15) is 5.76 Å². The molecule has 5 heteroatoms. The van der Waals surface area contributed by atoms with Crippen molar-refractivity contribution in [1.29, 1.82) is 0 Å². The zero-order valence-corrected chi connectivity index (χ0v) is 11.8. The molecule has 0 aliphatic rings. The second kappa shape index (κ2) is 7.99. The number of methoxy groups -OCH3 is 1. The van der Waals surface area contributed by atoms with E-state index in [-0.39, 0.29) is 6.61 Å². The van der Waals surface area contributed by atoms with E-state index in [9.17, 15) is 9.59 Å². The van der Waals surface area contributed by atoms with Crippen LogP contribution in [0.25, 0.3) is 5.76 Å². The van der Waals surface area contributed by atoms with Gasteiger partial charge in [0.15, 0.2) is 0 Å². The predicted molar refractivity (Wildman–Crippen MR) is 74.0 cm³/mol. The van der Waals surface area contributed by atoms with Gasteiger partial charge in [-0.2, -0.15) is 0 Å². The molecule has 0 aliphatic heterocycles. The SMILES string of the molecule is CCOC(=O)/C=C(\OCC)c1cccc(C(=O)OC)c1. The highest BCUT2D eigenvalue weighted by molar-refractivity contribution is 5.92. The second-order valence-corrected chi connectivity index (χ2v) is 3.77. The lowest BCUT2D eigenvalue weighted by Gasteiger charge is -2.10. The van der Waals surface area contributed by atoms with Crippen molar-refractivity contribution < 1.29 is 23.8 Å². The maximum absolute atomic E-state index is 11.5. The molecule has 0 amide bonds. The van der Waals surface area contributed by atoms with Gasteiger partial charge in [0.05, 0.1) is 32.0 Å². The molecule has 1 aromatic carbocycles. The van der Waals surface area contributed by atoms with E-state index in [0.29, 0.717) is 23.5 Å². The monoisotopic (exact) mass is 278 g/mol. The molecule has 0 unspecified atom stereocenters. The zero-order chi connectivity index (χ0) is 15.0. The number of hydrogen-bond acceptors (Lipinski definition) is 5. The van der Waals surface area contributed by atoms with E-state index in [1.165, 1.54) is 13.2 Å². The van der Waals surface area contributed by atoms with Crippen molar-refractivity contribution in [3.8, 4) is 0 Å². The van der Waals surface area contributed by atoms with Crippen molar-refractivity contribution in [2.24, 2.45) is 0 Å². The summed E-state index contributed by atoms with van der Waals surface area (Å²) in [6, 6.07) is 6.67. The summed E-state index contributed by atoms with van der Waals surface area (Å²) in [7, 11) is 1.31. The Kier molecular flexibility index (Phi) is 6.29. The van der Waals surface area contributed by atoms with E-state index in [0.717, 1.165) is 0 Å². The Morgan fingerprint density at radius 1 is 1.10 bits per heavy atom. The van der Waals surface area contributed by atoms with E-state index in [1.54, 1.807) is 31.2 Å². The first-order valence-corrected chi connectivity index (χ1v) is 6.32. The number of rotatable bonds is 6. The zero-order valence-electron chi connectivity index (χ0n) is 11.8. The Balaban J connectivity index is 3.08. The number of esters is 2. The van der Waals surface area contributed by atoms with Crippen LogP contribution >= 0.6 is 0 Å². The summed E-state index contributed by atoms with van der Waals surface area (Å²) < 4.78 is 14.9. The molecule has 0 aromatic heterocycles. The van der Waals surface area contributed by atoms with Gasteiger partial charge in [-0.15, -0.1) is 0 Å². The van der Waals surface area contributed by atoms with Crippen molar-refractivity contribution in [1.82, 2.24) is 0 Å². The first-order chi connectivity index (χ1) is 9.62. The first-order valence-electron chi connectivity index (χ1n) is 6.32. The Bertz CT molecular complexity index is 505. The molecule has 0 saturated carbocycles. The van der Waals surface area contributed by atoms with E-state index in [2.05, 4.69) is 4.74 Å². The van der Waals surface area contributed by atoms with Crippen molar-refractivity contribution >= 4 is 17.7 Å². The van der Waals surface area contributed by atoms with E-state index in [4.69, 9.17) is 9.47 Å². The van der Waals surface area contributed by atoms with Crippen molar-refractivity contribution in [2.75, 3.05) is 20.3 Å². The Morgan fingerprint density at radius 3 is 2.35 bits per heavy atom. The lowest BCUT2D eigenvalue weighted by Crippen LogP contribution is -2.05. The van der Waals surface area contributed by atoms with Crippen LogP contribution in [0.4, 0.5) is 0 Å². The minimum absolute atomic E-state index is 0.289. The maximum Gasteiger partial charge on any atom is 0.337 e. The van der Waals surface area contributed by atoms with Crippen molar-refractivity contribution in [3.05, 3.63) is 41.5 Å². The average molecular weight is 278 g/mol. The first kappa shape index (κ1) is 15.8. The molecule has 1 aromatic rings. The molecule has 0 N–H and O–H groups in total. The van der Waals surface area contributed by atoms with E-state index >= 15 is 0 Å². The van der Waals surface area contributed by atoms with Crippen LogP contribution in [0, 0.1) is 0 Å². The second-order valence-electron chi connectivity index (χ2n) is 3.77. The molecule has 0 aliphatic carbocycles. The molecule has 5 nitrogen and oxygen atoms in total. The minimum atomic E-state index is -0.487.